The summed E-state index contributed by atoms with van der Waals surface area (Å²) in [4.78, 5) is 4.86. The number of piperidine rings is 1. The summed E-state index contributed by atoms with van der Waals surface area (Å²) in [6.45, 7) is 1.36. The lowest BCUT2D eigenvalue weighted by Crippen LogP contribution is -2.45. The zero-order valence-corrected chi connectivity index (χ0v) is 16.1. The van der Waals surface area contributed by atoms with Crippen LogP contribution in [0.2, 0.25) is 0 Å². The van der Waals surface area contributed by atoms with Crippen molar-refractivity contribution in [1.29, 1.82) is 0 Å². The van der Waals surface area contributed by atoms with E-state index in [9.17, 15) is 9.50 Å². The van der Waals surface area contributed by atoms with Crippen LogP contribution in [0.15, 0.2) is 36.5 Å². The fraction of sp³-hybridized carbons (Fsp3) is 0.429. The molecule has 1 saturated carbocycles. The molecule has 1 aromatic carbocycles. The van der Waals surface area contributed by atoms with Gasteiger partial charge in [-0.05, 0) is 49.9 Å². The molecule has 0 radical (unpaired) electrons. The van der Waals surface area contributed by atoms with Crippen LogP contribution in [0.5, 0.6) is 0 Å². The zero-order chi connectivity index (χ0) is 20.0. The Labute approximate surface area is 168 Å². The SMILES string of the molecule is NC(c1cc(Nc2cccc(F)c2)n2ncc(C3CC3)c2n1)[C@@H]1CCNC[C@H]1O. The number of hydrogen-bond donors (Lipinski definition) is 4. The van der Waals surface area contributed by atoms with Gasteiger partial charge in [-0.15, -0.1) is 0 Å². The van der Waals surface area contributed by atoms with Crippen LogP contribution in [0.25, 0.3) is 5.65 Å². The van der Waals surface area contributed by atoms with E-state index in [4.69, 9.17) is 10.7 Å². The molecule has 0 amide bonds. The molecule has 1 aliphatic carbocycles. The molecule has 0 bridgehead atoms. The van der Waals surface area contributed by atoms with Crippen LogP contribution in [0, 0.1) is 11.7 Å². The lowest BCUT2D eigenvalue weighted by molar-refractivity contribution is 0.0666. The third-order valence-corrected chi connectivity index (χ3v) is 5.94. The van der Waals surface area contributed by atoms with Crippen LogP contribution in [0.3, 0.4) is 0 Å². The Morgan fingerprint density at radius 1 is 1.28 bits per heavy atom. The summed E-state index contributed by atoms with van der Waals surface area (Å²) >= 11 is 0. The Bertz CT molecular complexity index is 1030. The first-order valence-corrected chi connectivity index (χ1v) is 10.2. The van der Waals surface area contributed by atoms with Gasteiger partial charge in [-0.1, -0.05) is 6.07 Å². The molecule has 8 heteroatoms. The van der Waals surface area contributed by atoms with Gasteiger partial charge in [0, 0.05) is 29.8 Å². The van der Waals surface area contributed by atoms with Crippen molar-refractivity contribution in [3.8, 4) is 0 Å². The quantitative estimate of drug-likeness (QED) is 0.529. The van der Waals surface area contributed by atoms with Crippen molar-refractivity contribution < 1.29 is 9.50 Å². The lowest BCUT2D eigenvalue weighted by atomic mass is 9.86. The van der Waals surface area contributed by atoms with Gasteiger partial charge < -0.3 is 21.5 Å². The van der Waals surface area contributed by atoms with Crippen LogP contribution >= 0.6 is 0 Å². The van der Waals surface area contributed by atoms with E-state index in [1.807, 2.05) is 12.3 Å². The molecule has 3 heterocycles. The molecule has 1 saturated heterocycles. The monoisotopic (exact) mass is 396 g/mol. The number of rotatable bonds is 5. The van der Waals surface area contributed by atoms with Crippen LogP contribution < -0.4 is 16.4 Å². The van der Waals surface area contributed by atoms with Crippen molar-refractivity contribution in [2.24, 2.45) is 11.7 Å². The number of fused-ring (bicyclic) bond motifs is 1. The largest absolute Gasteiger partial charge is 0.391 e. The van der Waals surface area contributed by atoms with E-state index in [2.05, 4.69) is 15.7 Å². The van der Waals surface area contributed by atoms with Gasteiger partial charge in [0.2, 0.25) is 0 Å². The molecule has 152 valence electrons. The Balaban J connectivity index is 1.57. The molecular formula is C21H25FN6O. The smallest absolute Gasteiger partial charge is 0.161 e. The molecule has 5 N–H and O–H groups in total. The summed E-state index contributed by atoms with van der Waals surface area (Å²) in [7, 11) is 0. The number of aliphatic hydroxyl groups excluding tert-OH is 1. The average molecular weight is 396 g/mol. The fourth-order valence-corrected chi connectivity index (χ4v) is 4.16. The standard InChI is InChI=1S/C21H25FN6O/c22-13-2-1-3-14(8-13)26-19-9-17(20(23)15-6-7-24-11-18(15)29)27-21-16(12-4-5-12)10-25-28(19)21/h1-3,8-10,12,15,18,20,24,26,29H,4-7,11,23H2/t15-,18-,20?/m1/s1. The van der Waals surface area contributed by atoms with Gasteiger partial charge in [0.15, 0.2) is 5.65 Å². The normalized spacial score (nSPS) is 23.3. The number of nitrogens with one attached hydrogen (secondary N) is 2. The minimum absolute atomic E-state index is 0.0690. The summed E-state index contributed by atoms with van der Waals surface area (Å²) in [6.07, 6.45) is 4.42. The van der Waals surface area contributed by atoms with Crippen molar-refractivity contribution in [3.63, 3.8) is 0 Å². The van der Waals surface area contributed by atoms with E-state index in [0.29, 0.717) is 29.7 Å². The first-order chi connectivity index (χ1) is 14.1. The molecule has 1 aliphatic heterocycles. The molecule has 2 aromatic heterocycles. The number of nitrogens with two attached hydrogens (primary N) is 1. The number of hydrogen-bond acceptors (Lipinski definition) is 6. The summed E-state index contributed by atoms with van der Waals surface area (Å²) in [5.41, 5.74) is 9.82. The molecule has 29 heavy (non-hydrogen) atoms. The Kier molecular flexibility index (Phi) is 4.69. The van der Waals surface area contributed by atoms with Crippen LogP contribution in [0.4, 0.5) is 15.9 Å². The number of aromatic nitrogens is 3. The molecule has 3 aromatic rings. The molecule has 7 nitrogen and oxygen atoms in total. The number of nitrogens with zero attached hydrogens (tertiary/aromatic N) is 3. The summed E-state index contributed by atoms with van der Waals surface area (Å²) in [6, 6.07) is 7.78. The number of aliphatic hydroxyl groups is 1. The first-order valence-electron chi connectivity index (χ1n) is 10.2. The van der Waals surface area contributed by atoms with Gasteiger partial charge in [-0.2, -0.15) is 9.61 Å². The number of β-amino-alcohol motifs (C(OH)–C–C–N with tert-alkyl or cyclic N) is 1. The molecule has 5 rings (SSSR count). The Morgan fingerprint density at radius 3 is 2.90 bits per heavy atom. The van der Waals surface area contributed by atoms with Gasteiger partial charge in [0.05, 0.1) is 24.0 Å². The minimum atomic E-state index is -0.510. The average Bonchev–Trinajstić information content (AvgIpc) is 3.46. The van der Waals surface area contributed by atoms with Crippen LogP contribution in [0.1, 0.15) is 42.5 Å². The molecule has 2 fully saturated rings. The van der Waals surface area contributed by atoms with E-state index >= 15 is 0 Å². The maximum Gasteiger partial charge on any atom is 0.161 e. The third kappa shape index (κ3) is 3.59. The van der Waals surface area contributed by atoms with E-state index in [1.165, 1.54) is 12.1 Å². The second-order valence-corrected chi connectivity index (χ2v) is 8.06. The molecule has 2 aliphatic rings. The highest BCUT2D eigenvalue weighted by Gasteiger charge is 2.32. The Morgan fingerprint density at radius 2 is 2.14 bits per heavy atom. The second kappa shape index (κ2) is 7.37. The van der Waals surface area contributed by atoms with E-state index in [-0.39, 0.29) is 11.7 Å². The maximum atomic E-state index is 13.7. The van der Waals surface area contributed by atoms with E-state index < -0.39 is 12.1 Å². The molecular weight excluding hydrogens is 371 g/mol. The minimum Gasteiger partial charge on any atom is -0.391 e. The topological polar surface area (TPSA) is 100 Å². The fourth-order valence-electron chi connectivity index (χ4n) is 4.16. The maximum absolute atomic E-state index is 13.7. The van der Waals surface area contributed by atoms with Crippen molar-refractivity contribution in [1.82, 2.24) is 19.9 Å². The highest BCUT2D eigenvalue weighted by molar-refractivity contribution is 5.62. The van der Waals surface area contributed by atoms with Crippen molar-refractivity contribution in [2.75, 3.05) is 18.4 Å². The number of benzene rings is 1. The van der Waals surface area contributed by atoms with Gasteiger partial charge in [0.1, 0.15) is 11.6 Å². The van der Waals surface area contributed by atoms with Crippen molar-refractivity contribution in [3.05, 3.63) is 53.6 Å². The summed E-state index contributed by atoms with van der Waals surface area (Å²) in [5.74, 6) is 0.786. The molecule has 1 unspecified atom stereocenters. The van der Waals surface area contributed by atoms with Crippen molar-refractivity contribution >= 4 is 17.2 Å². The van der Waals surface area contributed by atoms with E-state index in [1.54, 1.807) is 16.6 Å². The third-order valence-electron chi connectivity index (χ3n) is 5.94. The van der Waals surface area contributed by atoms with E-state index in [0.717, 1.165) is 37.0 Å². The predicted molar refractivity (Wildman–Crippen MR) is 109 cm³/mol. The summed E-state index contributed by atoms with van der Waals surface area (Å²) < 4.78 is 15.4. The van der Waals surface area contributed by atoms with Gasteiger partial charge in [0.25, 0.3) is 0 Å². The number of anilines is 2. The van der Waals surface area contributed by atoms with Gasteiger partial charge in [-0.3, -0.25) is 0 Å². The zero-order valence-electron chi connectivity index (χ0n) is 16.1. The van der Waals surface area contributed by atoms with Crippen LogP contribution in [-0.2, 0) is 0 Å². The first kappa shape index (κ1) is 18.5. The molecule has 0 spiro atoms. The highest BCUT2D eigenvalue weighted by atomic mass is 19.1. The second-order valence-electron chi connectivity index (χ2n) is 8.06. The van der Waals surface area contributed by atoms with Gasteiger partial charge >= 0.3 is 0 Å². The highest BCUT2D eigenvalue weighted by Crippen LogP contribution is 2.42. The number of halogens is 1. The van der Waals surface area contributed by atoms with Gasteiger partial charge in [-0.25, -0.2) is 9.37 Å². The molecule has 3 atom stereocenters. The van der Waals surface area contributed by atoms with Crippen molar-refractivity contribution in [2.45, 2.75) is 37.3 Å². The Hall–Kier alpha value is -2.55. The summed E-state index contributed by atoms with van der Waals surface area (Å²) in [5, 5.41) is 21.4. The lowest BCUT2D eigenvalue weighted by Gasteiger charge is -2.32. The van der Waals surface area contributed by atoms with Crippen LogP contribution in [-0.4, -0.2) is 38.9 Å². The predicted octanol–water partition coefficient (Wildman–Crippen LogP) is 2.46.